The van der Waals surface area contributed by atoms with Crippen molar-refractivity contribution in [1.82, 2.24) is 4.90 Å². The molecule has 0 saturated carbocycles. The van der Waals surface area contributed by atoms with Crippen LogP contribution in [0.25, 0.3) is 6.08 Å². The number of likely N-dealkylation sites (N-methyl/N-ethyl adjacent to an activating group) is 1. The summed E-state index contributed by atoms with van der Waals surface area (Å²) in [6, 6.07) is 7.26. The van der Waals surface area contributed by atoms with Crippen LogP contribution in [-0.4, -0.2) is 43.3 Å². The second-order valence-electron chi connectivity index (χ2n) is 6.20. The van der Waals surface area contributed by atoms with Gasteiger partial charge in [-0.15, -0.1) is 11.3 Å². The Morgan fingerprint density at radius 1 is 1.29 bits per heavy atom. The quantitative estimate of drug-likeness (QED) is 0.696. The normalized spacial score (nSPS) is 10.7. The van der Waals surface area contributed by atoms with Crippen LogP contribution in [0.5, 0.6) is 5.75 Å². The summed E-state index contributed by atoms with van der Waals surface area (Å²) >= 11 is 1.28. The van der Waals surface area contributed by atoms with E-state index in [1.54, 1.807) is 26.2 Å². The third-order valence-corrected chi connectivity index (χ3v) is 5.28. The number of thiophene rings is 1. The first-order valence-electron chi connectivity index (χ1n) is 8.49. The van der Waals surface area contributed by atoms with Crippen LogP contribution in [0.4, 0.5) is 5.00 Å². The number of hydrogen-bond donors (Lipinski definition) is 2. The second-order valence-corrected chi connectivity index (χ2v) is 7.43. The van der Waals surface area contributed by atoms with Crippen molar-refractivity contribution < 1.29 is 19.1 Å². The number of aryl methyl sites for hydroxylation is 1. The summed E-state index contributed by atoms with van der Waals surface area (Å²) in [4.78, 5) is 38.3. The molecule has 0 aliphatic carbocycles. The lowest BCUT2D eigenvalue weighted by molar-refractivity contribution is -0.129. The average molecular weight is 401 g/mol. The Hall–Kier alpha value is -3.13. The van der Waals surface area contributed by atoms with E-state index in [0.29, 0.717) is 16.3 Å². The van der Waals surface area contributed by atoms with Crippen LogP contribution >= 0.6 is 11.3 Å². The van der Waals surface area contributed by atoms with Gasteiger partial charge in [-0.05, 0) is 43.2 Å². The van der Waals surface area contributed by atoms with Gasteiger partial charge in [-0.2, -0.15) is 0 Å². The molecule has 0 aliphatic heterocycles. The fourth-order valence-corrected chi connectivity index (χ4v) is 3.59. The highest BCUT2D eigenvalue weighted by Crippen LogP contribution is 2.31. The molecular weight excluding hydrogens is 378 g/mol. The molecule has 7 nitrogen and oxygen atoms in total. The van der Waals surface area contributed by atoms with E-state index < -0.39 is 11.8 Å². The Labute approximate surface area is 167 Å². The molecular formula is C20H23N3O4S. The molecule has 1 aromatic carbocycles. The number of rotatable bonds is 7. The van der Waals surface area contributed by atoms with Crippen molar-refractivity contribution in [1.29, 1.82) is 0 Å². The van der Waals surface area contributed by atoms with Gasteiger partial charge >= 0.3 is 0 Å². The average Bonchev–Trinajstić information content (AvgIpc) is 2.93. The summed E-state index contributed by atoms with van der Waals surface area (Å²) in [5, 5.41) is 3.08. The number of amides is 3. The van der Waals surface area contributed by atoms with Gasteiger partial charge in [-0.1, -0.05) is 12.1 Å². The minimum Gasteiger partial charge on any atom is -0.497 e. The number of primary amides is 1. The summed E-state index contributed by atoms with van der Waals surface area (Å²) in [6.07, 6.45) is 3.03. The topological polar surface area (TPSA) is 102 Å². The second kappa shape index (κ2) is 9.18. The molecule has 2 aromatic rings. The molecule has 148 valence electrons. The first-order valence-corrected chi connectivity index (χ1v) is 9.31. The van der Waals surface area contributed by atoms with Crippen LogP contribution < -0.4 is 15.8 Å². The summed E-state index contributed by atoms with van der Waals surface area (Å²) in [7, 11) is 3.10. The van der Waals surface area contributed by atoms with Gasteiger partial charge in [-0.25, -0.2) is 0 Å². The Morgan fingerprint density at radius 3 is 2.64 bits per heavy atom. The van der Waals surface area contributed by atoms with Gasteiger partial charge in [0.2, 0.25) is 11.8 Å². The number of carbonyl (C=O) groups excluding carboxylic acids is 3. The van der Waals surface area contributed by atoms with Crippen molar-refractivity contribution in [3.05, 3.63) is 51.9 Å². The molecule has 0 radical (unpaired) electrons. The fraction of sp³-hybridized carbons (Fsp3) is 0.250. The zero-order valence-electron chi connectivity index (χ0n) is 16.2. The van der Waals surface area contributed by atoms with E-state index in [2.05, 4.69) is 5.32 Å². The Balaban J connectivity index is 2.00. The van der Waals surface area contributed by atoms with Crippen LogP contribution in [0.3, 0.4) is 0 Å². The van der Waals surface area contributed by atoms with Crippen molar-refractivity contribution in [2.24, 2.45) is 5.73 Å². The SMILES string of the molecule is COc1cccc(/C=C/C(=O)N(C)CC(=O)Nc2sc(C)c(C)c2C(N)=O)c1. The zero-order chi connectivity index (χ0) is 20.8. The Bertz CT molecular complexity index is 934. The van der Waals surface area contributed by atoms with Gasteiger partial charge in [0.05, 0.1) is 19.2 Å². The number of methoxy groups -OCH3 is 1. The van der Waals surface area contributed by atoms with Crippen LogP contribution in [-0.2, 0) is 9.59 Å². The summed E-state index contributed by atoms with van der Waals surface area (Å²) in [5.74, 6) is -0.641. The largest absolute Gasteiger partial charge is 0.497 e. The van der Waals surface area contributed by atoms with Crippen LogP contribution in [0, 0.1) is 13.8 Å². The highest BCUT2D eigenvalue weighted by atomic mass is 32.1. The lowest BCUT2D eigenvalue weighted by Gasteiger charge is -2.14. The molecule has 0 aliphatic rings. The zero-order valence-corrected chi connectivity index (χ0v) is 17.1. The van der Waals surface area contributed by atoms with Gasteiger partial charge in [0.25, 0.3) is 5.91 Å². The van der Waals surface area contributed by atoms with Crippen molar-refractivity contribution in [3.63, 3.8) is 0 Å². The molecule has 0 saturated heterocycles. The molecule has 2 rings (SSSR count). The van der Waals surface area contributed by atoms with E-state index in [1.165, 1.54) is 29.4 Å². The van der Waals surface area contributed by atoms with Gasteiger partial charge in [0, 0.05) is 18.0 Å². The molecule has 28 heavy (non-hydrogen) atoms. The number of benzene rings is 1. The maximum absolute atomic E-state index is 12.3. The monoisotopic (exact) mass is 401 g/mol. The molecule has 0 bridgehead atoms. The molecule has 1 aromatic heterocycles. The van der Waals surface area contributed by atoms with Crippen LogP contribution in [0.2, 0.25) is 0 Å². The van der Waals surface area contributed by atoms with Crippen molar-refractivity contribution >= 4 is 40.1 Å². The minimum atomic E-state index is -0.595. The van der Waals surface area contributed by atoms with E-state index in [4.69, 9.17) is 10.5 Å². The van der Waals surface area contributed by atoms with Gasteiger partial charge in [0.15, 0.2) is 0 Å². The smallest absolute Gasteiger partial charge is 0.251 e. The maximum atomic E-state index is 12.3. The number of nitrogens with zero attached hydrogens (tertiary/aromatic N) is 1. The minimum absolute atomic E-state index is 0.157. The number of nitrogens with one attached hydrogen (secondary N) is 1. The van der Waals surface area contributed by atoms with E-state index >= 15 is 0 Å². The van der Waals surface area contributed by atoms with E-state index in [0.717, 1.165) is 16.0 Å². The molecule has 3 N–H and O–H groups in total. The van der Waals surface area contributed by atoms with Gasteiger partial charge in [-0.3, -0.25) is 14.4 Å². The maximum Gasteiger partial charge on any atom is 0.251 e. The molecule has 0 atom stereocenters. The Kier molecular flexibility index (Phi) is 6.94. The molecule has 8 heteroatoms. The lowest BCUT2D eigenvalue weighted by atomic mass is 10.1. The highest BCUT2D eigenvalue weighted by molar-refractivity contribution is 7.16. The highest BCUT2D eigenvalue weighted by Gasteiger charge is 2.20. The third-order valence-electron chi connectivity index (χ3n) is 4.15. The van der Waals surface area contributed by atoms with Crippen molar-refractivity contribution in [2.75, 3.05) is 26.0 Å². The lowest BCUT2D eigenvalue weighted by Crippen LogP contribution is -2.34. The van der Waals surface area contributed by atoms with Crippen molar-refractivity contribution in [3.8, 4) is 5.75 Å². The standard InChI is InChI=1S/C20H23N3O4S/c1-12-13(2)28-20(18(12)19(21)26)22-16(24)11-23(3)17(25)9-8-14-6-5-7-15(10-14)27-4/h5-10H,11H2,1-4H3,(H2,21,26)(H,22,24)/b9-8+. The summed E-state index contributed by atoms with van der Waals surface area (Å²) < 4.78 is 5.14. The number of carbonyl (C=O) groups is 3. The number of hydrogen-bond acceptors (Lipinski definition) is 5. The predicted octanol–water partition coefficient (Wildman–Crippen LogP) is 2.58. The van der Waals surface area contributed by atoms with E-state index in [-0.39, 0.29) is 12.5 Å². The van der Waals surface area contributed by atoms with Crippen molar-refractivity contribution in [2.45, 2.75) is 13.8 Å². The van der Waals surface area contributed by atoms with Crippen LogP contribution in [0.15, 0.2) is 30.3 Å². The third kappa shape index (κ3) is 5.20. The number of nitrogens with two attached hydrogens (primary N) is 1. The van der Waals surface area contributed by atoms with E-state index in [1.807, 2.05) is 25.1 Å². The molecule has 3 amide bonds. The predicted molar refractivity (Wildman–Crippen MR) is 111 cm³/mol. The number of anilines is 1. The molecule has 0 spiro atoms. The number of ether oxygens (including phenoxy) is 1. The summed E-state index contributed by atoms with van der Waals surface area (Å²) in [6.45, 7) is 3.47. The Morgan fingerprint density at radius 2 is 2.00 bits per heavy atom. The first kappa shape index (κ1) is 21.2. The summed E-state index contributed by atoms with van der Waals surface area (Å²) in [5.41, 5.74) is 7.27. The van der Waals surface area contributed by atoms with Crippen LogP contribution in [0.1, 0.15) is 26.4 Å². The fourth-order valence-electron chi connectivity index (χ4n) is 2.51. The molecule has 0 fully saturated rings. The molecule has 1 heterocycles. The van der Waals surface area contributed by atoms with Gasteiger partial charge < -0.3 is 20.7 Å². The van der Waals surface area contributed by atoms with Gasteiger partial charge in [0.1, 0.15) is 10.8 Å². The molecule has 0 unspecified atom stereocenters. The van der Waals surface area contributed by atoms with E-state index in [9.17, 15) is 14.4 Å². The first-order chi connectivity index (χ1) is 13.2.